The molecule has 0 saturated carbocycles. The van der Waals surface area contributed by atoms with Crippen LogP contribution in [0.15, 0.2) is 109 Å². The van der Waals surface area contributed by atoms with Gasteiger partial charge in [0, 0.05) is 36.7 Å². The number of amides is 3. The van der Waals surface area contributed by atoms with Gasteiger partial charge in [0.1, 0.15) is 6.04 Å². The second-order valence-electron chi connectivity index (χ2n) is 13.5. The third kappa shape index (κ3) is 12.0. The van der Waals surface area contributed by atoms with Crippen LogP contribution >= 0.6 is 0 Å². The van der Waals surface area contributed by atoms with Gasteiger partial charge in [-0.05, 0) is 48.1 Å². The van der Waals surface area contributed by atoms with Crippen molar-refractivity contribution in [2.45, 2.75) is 82.4 Å². The van der Waals surface area contributed by atoms with Gasteiger partial charge < -0.3 is 31.1 Å². The highest BCUT2D eigenvalue weighted by Gasteiger charge is 2.32. The van der Waals surface area contributed by atoms with Crippen LogP contribution in [0.2, 0.25) is 0 Å². The fraction of sp³-hybridized carbons (Fsp3) is 0.372. The van der Waals surface area contributed by atoms with Crippen molar-refractivity contribution in [2.24, 2.45) is 0 Å². The minimum Gasteiger partial charge on any atom is -0.465 e. The number of alkyl carbamates (subject to hydrolysis) is 1. The van der Waals surface area contributed by atoms with Gasteiger partial charge in [-0.1, -0.05) is 148 Å². The van der Waals surface area contributed by atoms with E-state index in [1.165, 1.54) is 12.8 Å². The minimum atomic E-state index is -0.996. The summed E-state index contributed by atoms with van der Waals surface area (Å²) in [5.74, 6) is -0.216. The predicted molar refractivity (Wildman–Crippen MR) is 205 cm³/mol. The molecule has 3 amide bonds. The molecule has 0 saturated heterocycles. The van der Waals surface area contributed by atoms with Crippen LogP contribution in [0.4, 0.5) is 9.59 Å². The van der Waals surface area contributed by atoms with Crippen LogP contribution < -0.4 is 21.3 Å². The highest BCUT2D eigenvalue weighted by atomic mass is 16.6. The van der Waals surface area contributed by atoms with Crippen molar-refractivity contribution < 1.29 is 24.2 Å². The van der Waals surface area contributed by atoms with Gasteiger partial charge in [0.25, 0.3) is 0 Å². The molecule has 0 spiro atoms. The zero-order valence-electron chi connectivity index (χ0n) is 29.9. The van der Waals surface area contributed by atoms with E-state index < -0.39 is 24.3 Å². The summed E-state index contributed by atoms with van der Waals surface area (Å²) < 4.78 is 5.99. The molecule has 0 radical (unpaired) electrons. The lowest BCUT2D eigenvalue weighted by Crippen LogP contribution is -2.48. The Morgan fingerprint density at radius 3 is 1.67 bits per heavy atom. The average molecular weight is 705 g/mol. The molecule has 2 atom stereocenters. The van der Waals surface area contributed by atoms with E-state index >= 15 is 0 Å². The Kier molecular flexibility index (Phi) is 15.1. The fourth-order valence-electron chi connectivity index (χ4n) is 6.87. The minimum absolute atomic E-state index is 0.161. The summed E-state index contributed by atoms with van der Waals surface area (Å²) in [5, 5.41) is 21.1. The first-order chi connectivity index (χ1) is 25.5. The number of carboxylic acid groups (broad SMARTS) is 1. The molecule has 1 aliphatic rings. The number of rotatable bonds is 21. The quantitative estimate of drug-likeness (QED) is 0.0564. The van der Waals surface area contributed by atoms with Crippen molar-refractivity contribution in [2.75, 3.05) is 19.6 Å². The molecule has 4 aromatic carbocycles. The van der Waals surface area contributed by atoms with Crippen molar-refractivity contribution in [1.82, 2.24) is 21.3 Å². The van der Waals surface area contributed by atoms with E-state index in [4.69, 9.17) is 4.74 Å². The second-order valence-corrected chi connectivity index (χ2v) is 13.5. The van der Waals surface area contributed by atoms with Crippen LogP contribution in [0.25, 0.3) is 11.1 Å². The van der Waals surface area contributed by atoms with Crippen molar-refractivity contribution in [1.29, 1.82) is 0 Å². The van der Waals surface area contributed by atoms with Gasteiger partial charge in [-0.3, -0.25) is 4.79 Å². The smallest absolute Gasteiger partial charge is 0.408 e. The highest BCUT2D eigenvalue weighted by molar-refractivity contribution is 5.86. The summed E-state index contributed by atoms with van der Waals surface area (Å²) in [7, 11) is 0. The normalized spacial score (nSPS) is 13.0. The predicted octanol–water partition coefficient (Wildman–Crippen LogP) is 7.80. The van der Waals surface area contributed by atoms with Gasteiger partial charge >= 0.3 is 12.2 Å². The Morgan fingerprint density at radius 1 is 0.596 bits per heavy atom. The van der Waals surface area contributed by atoms with Crippen LogP contribution in [0.1, 0.15) is 79.7 Å². The van der Waals surface area contributed by atoms with E-state index in [9.17, 15) is 19.5 Å². The van der Waals surface area contributed by atoms with Gasteiger partial charge in [0.15, 0.2) is 6.10 Å². The third-order valence-corrected chi connectivity index (χ3v) is 9.52. The van der Waals surface area contributed by atoms with Gasteiger partial charge in [-0.25, -0.2) is 9.59 Å². The highest BCUT2D eigenvalue weighted by Crippen LogP contribution is 2.45. The molecule has 0 aliphatic heterocycles. The Morgan fingerprint density at radius 2 is 1.10 bits per heavy atom. The summed E-state index contributed by atoms with van der Waals surface area (Å²) >= 11 is 0. The lowest BCUT2D eigenvalue weighted by molar-refractivity contribution is -0.123. The van der Waals surface area contributed by atoms with E-state index in [1.807, 2.05) is 109 Å². The standard InChI is InChI=1S/C43H52N4O5/c48-41(45-28-18-6-4-2-1-3-5-17-27-44-31-34(46-42(49)50)29-32-19-9-7-10-20-32)39(30-33-21-11-8-12-22-33)47-43(51)52-40-37-25-15-13-23-35(37)36-24-14-16-26-38(36)40/h7-16,19-26,34,39-40,44,46H,1-6,17-18,27-31H2,(H,45,48)(H,47,51)(H,49,50). The monoisotopic (exact) mass is 704 g/mol. The van der Waals surface area contributed by atoms with Crippen LogP contribution in [-0.2, 0) is 22.4 Å². The molecule has 0 bridgehead atoms. The third-order valence-electron chi connectivity index (χ3n) is 9.52. The number of hydrogen-bond acceptors (Lipinski definition) is 5. The number of nitrogens with one attached hydrogen (secondary N) is 4. The largest absolute Gasteiger partial charge is 0.465 e. The van der Waals surface area contributed by atoms with Crippen molar-refractivity contribution in [3.8, 4) is 11.1 Å². The van der Waals surface area contributed by atoms with Crippen LogP contribution in [0, 0.1) is 0 Å². The molecule has 4 aromatic rings. The number of carbonyl (C=O) groups is 3. The van der Waals surface area contributed by atoms with Crippen molar-refractivity contribution in [3.63, 3.8) is 0 Å². The molecule has 0 heterocycles. The van der Waals surface area contributed by atoms with Gasteiger partial charge in [-0.2, -0.15) is 0 Å². The maximum Gasteiger partial charge on any atom is 0.408 e. The molecule has 52 heavy (non-hydrogen) atoms. The number of fused-ring (bicyclic) bond motifs is 3. The molecule has 2 unspecified atom stereocenters. The molecule has 5 rings (SSSR count). The van der Waals surface area contributed by atoms with Crippen molar-refractivity contribution in [3.05, 3.63) is 131 Å². The Balaban J connectivity index is 0.963. The second kappa shape index (κ2) is 20.6. The number of benzene rings is 4. The summed E-state index contributed by atoms with van der Waals surface area (Å²) in [6.45, 7) is 2.03. The maximum absolute atomic E-state index is 13.3. The van der Waals surface area contributed by atoms with E-state index in [0.29, 0.717) is 25.9 Å². The lowest BCUT2D eigenvalue weighted by atomic mass is 10.0. The van der Waals surface area contributed by atoms with Crippen molar-refractivity contribution >= 4 is 18.1 Å². The Bertz CT molecular complexity index is 1650. The summed E-state index contributed by atoms with van der Waals surface area (Å²) in [4.78, 5) is 37.8. The zero-order chi connectivity index (χ0) is 36.4. The first kappa shape index (κ1) is 38.1. The topological polar surface area (TPSA) is 129 Å². The fourth-order valence-corrected chi connectivity index (χ4v) is 6.87. The summed E-state index contributed by atoms with van der Waals surface area (Å²) in [6, 6.07) is 34.6. The number of unbranched alkanes of at least 4 members (excludes halogenated alkanes) is 7. The van der Waals surface area contributed by atoms with Gasteiger partial charge in [0.2, 0.25) is 5.91 Å². The van der Waals surface area contributed by atoms with Gasteiger partial charge in [-0.15, -0.1) is 0 Å². The first-order valence-electron chi connectivity index (χ1n) is 18.7. The van der Waals surface area contributed by atoms with Gasteiger partial charge in [0.05, 0.1) is 0 Å². The average Bonchev–Trinajstić information content (AvgIpc) is 3.46. The van der Waals surface area contributed by atoms with Crippen LogP contribution in [-0.4, -0.2) is 54.9 Å². The maximum atomic E-state index is 13.3. The van der Waals surface area contributed by atoms with Crippen LogP contribution in [0.5, 0.6) is 0 Å². The Hall–Kier alpha value is -5.15. The SMILES string of the molecule is O=C(O)NC(CNCCCCCCCCCCNC(=O)C(Cc1ccccc1)NC(=O)OC1c2ccccc2-c2ccccc21)Cc1ccccc1. The molecule has 9 heteroatoms. The number of ether oxygens (including phenoxy) is 1. The van der Waals surface area contributed by atoms with Crippen LogP contribution in [0.3, 0.4) is 0 Å². The van der Waals surface area contributed by atoms with E-state index in [1.54, 1.807) is 0 Å². The molecule has 0 fully saturated rings. The summed E-state index contributed by atoms with van der Waals surface area (Å²) in [6.07, 6.45) is 7.58. The molecule has 9 nitrogen and oxygen atoms in total. The molecule has 1 aliphatic carbocycles. The number of hydrogen-bond donors (Lipinski definition) is 5. The molecule has 274 valence electrons. The molecule has 0 aromatic heterocycles. The zero-order valence-corrected chi connectivity index (χ0v) is 29.9. The van der Waals surface area contributed by atoms with E-state index in [2.05, 4.69) is 21.3 Å². The Labute approximate surface area is 307 Å². The lowest BCUT2D eigenvalue weighted by Gasteiger charge is -2.21. The summed E-state index contributed by atoms with van der Waals surface area (Å²) in [5.41, 5.74) is 6.06. The molecule has 5 N–H and O–H groups in total. The molecular formula is C43H52N4O5. The van der Waals surface area contributed by atoms with E-state index in [-0.39, 0.29) is 11.9 Å². The number of carbonyl (C=O) groups excluding carboxylic acids is 2. The molecular weight excluding hydrogens is 652 g/mol. The van der Waals surface area contributed by atoms with E-state index in [0.717, 1.165) is 78.5 Å². The first-order valence-corrected chi connectivity index (χ1v) is 18.7.